The van der Waals surface area contributed by atoms with Crippen LogP contribution in [0.5, 0.6) is 5.88 Å². The van der Waals surface area contributed by atoms with Crippen molar-refractivity contribution in [3.8, 4) is 5.88 Å². The molecule has 0 spiro atoms. The molecule has 7 nitrogen and oxygen atoms in total. The van der Waals surface area contributed by atoms with Crippen molar-refractivity contribution in [3.05, 3.63) is 23.4 Å². The van der Waals surface area contributed by atoms with Crippen LogP contribution < -0.4 is 10.1 Å². The molecule has 0 bridgehead atoms. The lowest BCUT2D eigenvalue weighted by Gasteiger charge is -2.35. The van der Waals surface area contributed by atoms with E-state index in [2.05, 4.69) is 20.2 Å². The van der Waals surface area contributed by atoms with Crippen molar-refractivity contribution in [2.75, 3.05) is 46.5 Å². The Morgan fingerprint density at radius 1 is 1.36 bits per heavy atom. The quantitative estimate of drug-likeness (QED) is 0.423. The van der Waals surface area contributed by atoms with Crippen molar-refractivity contribution in [2.24, 2.45) is 4.99 Å². The molecular formula is C20H31ClN4O3. The fourth-order valence-corrected chi connectivity index (χ4v) is 3.71. The van der Waals surface area contributed by atoms with Gasteiger partial charge in [0.25, 0.3) is 0 Å². The van der Waals surface area contributed by atoms with E-state index in [4.69, 9.17) is 25.8 Å². The molecule has 1 N–H and O–H groups in total. The first-order valence-electron chi connectivity index (χ1n) is 10.2. The van der Waals surface area contributed by atoms with Crippen LogP contribution in [-0.2, 0) is 9.47 Å². The molecule has 2 aliphatic rings. The Morgan fingerprint density at radius 2 is 2.21 bits per heavy atom. The molecule has 1 unspecified atom stereocenters. The lowest BCUT2D eigenvalue weighted by Crippen LogP contribution is -2.48. The molecular weight excluding hydrogens is 380 g/mol. The van der Waals surface area contributed by atoms with Gasteiger partial charge < -0.3 is 24.4 Å². The van der Waals surface area contributed by atoms with Crippen molar-refractivity contribution >= 4 is 17.6 Å². The normalized spacial score (nSPS) is 21.6. The van der Waals surface area contributed by atoms with Crippen LogP contribution in [0.1, 0.15) is 32.1 Å². The number of aromatic nitrogens is 1. The van der Waals surface area contributed by atoms with E-state index in [-0.39, 0.29) is 6.10 Å². The first-order valence-corrected chi connectivity index (χ1v) is 10.6. The van der Waals surface area contributed by atoms with Gasteiger partial charge in [0, 0.05) is 32.9 Å². The Bertz CT molecular complexity index is 617. The molecule has 1 aromatic rings. The standard InChI is InChI=1S/C20H31ClN4O3/c1-22-20(24-10-14-27-19-18(21)6-4-9-23-19)25-11-7-16(8-12-25)28-15-17-5-2-3-13-26-17/h4,6,9,16-17H,2-3,5,7-8,10-15H2,1H3,(H,22,24). The van der Waals surface area contributed by atoms with E-state index in [1.807, 2.05) is 7.05 Å². The highest BCUT2D eigenvalue weighted by Crippen LogP contribution is 2.20. The van der Waals surface area contributed by atoms with Gasteiger partial charge in [-0.3, -0.25) is 4.99 Å². The first kappa shape index (κ1) is 21.1. The molecule has 1 atom stereocenters. The summed E-state index contributed by atoms with van der Waals surface area (Å²) in [5, 5.41) is 3.87. The number of hydrogen-bond donors (Lipinski definition) is 1. The van der Waals surface area contributed by atoms with Gasteiger partial charge in [0.1, 0.15) is 11.6 Å². The summed E-state index contributed by atoms with van der Waals surface area (Å²) >= 11 is 6.04. The van der Waals surface area contributed by atoms with Gasteiger partial charge in [0.15, 0.2) is 5.96 Å². The van der Waals surface area contributed by atoms with Crippen LogP contribution >= 0.6 is 11.6 Å². The number of halogens is 1. The zero-order valence-electron chi connectivity index (χ0n) is 16.6. The number of aliphatic imine (C=N–C) groups is 1. The Morgan fingerprint density at radius 3 is 2.93 bits per heavy atom. The van der Waals surface area contributed by atoms with E-state index in [0.29, 0.717) is 30.2 Å². The van der Waals surface area contributed by atoms with E-state index >= 15 is 0 Å². The van der Waals surface area contributed by atoms with Crippen molar-refractivity contribution in [3.63, 3.8) is 0 Å². The Kier molecular flexibility index (Phi) is 8.64. The molecule has 3 rings (SSSR count). The fraction of sp³-hybridized carbons (Fsp3) is 0.700. The van der Waals surface area contributed by atoms with E-state index < -0.39 is 0 Å². The average Bonchev–Trinajstić information content (AvgIpc) is 2.75. The highest BCUT2D eigenvalue weighted by molar-refractivity contribution is 6.31. The molecule has 3 heterocycles. The van der Waals surface area contributed by atoms with Crippen molar-refractivity contribution in [1.29, 1.82) is 0 Å². The SMILES string of the molecule is CN=C(NCCOc1ncccc1Cl)N1CCC(OCC2CCCCO2)CC1. The molecule has 2 aliphatic heterocycles. The molecule has 1 aromatic heterocycles. The number of nitrogens with one attached hydrogen (secondary N) is 1. The van der Waals surface area contributed by atoms with Gasteiger partial charge in [0.05, 0.1) is 25.4 Å². The third-order valence-electron chi connectivity index (χ3n) is 5.09. The third-order valence-corrected chi connectivity index (χ3v) is 5.38. The summed E-state index contributed by atoms with van der Waals surface area (Å²) in [6.07, 6.45) is 7.84. The number of nitrogens with zero attached hydrogens (tertiary/aromatic N) is 3. The smallest absolute Gasteiger partial charge is 0.232 e. The number of hydrogen-bond acceptors (Lipinski definition) is 5. The van der Waals surface area contributed by atoms with Crippen LogP contribution in [0.2, 0.25) is 5.02 Å². The number of piperidine rings is 1. The highest BCUT2D eigenvalue weighted by atomic mass is 35.5. The number of likely N-dealkylation sites (tertiary alicyclic amines) is 1. The zero-order valence-corrected chi connectivity index (χ0v) is 17.4. The molecule has 0 amide bonds. The van der Waals surface area contributed by atoms with Gasteiger partial charge >= 0.3 is 0 Å². The molecule has 8 heteroatoms. The molecule has 28 heavy (non-hydrogen) atoms. The summed E-state index contributed by atoms with van der Waals surface area (Å²) in [7, 11) is 1.81. The number of pyridine rings is 1. The maximum absolute atomic E-state index is 6.09. The first-order chi connectivity index (χ1) is 13.8. The van der Waals surface area contributed by atoms with Crippen molar-refractivity contribution < 1.29 is 14.2 Å². The predicted molar refractivity (Wildman–Crippen MR) is 110 cm³/mol. The lowest BCUT2D eigenvalue weighted by atomic mass is 10.1. The molecule has 0 aliphatic carbocycles. The van der Waals surface area contributed by atoms with Gasteiger partial charge in [-0.05, 0) is 44.2 Å². The van der Waals surface area contributed by atoms with Crippen LogP contribution in [0.25, 0.3) is 0 Å². The van der Waals surface area contributed by atoms with Crippen LogP contribution in [0, 0.1) is 0 Å². The lowest BCUT2D eigenvalue weighted by molar-refractivity contribution is -0.0721. The fourth-order valence-electron chi connectivity index (χ4n) is 3.54. The van der Waals surface area contributed by atoms with Crippen LogP contribution in [0.15, 0.2) is 23.3 Å². The van der Waals surface area contributed by atoms with Gasteiger partial charge in [-0.25, -0.2) is 4.98 Å². The third kappa shape index (κ3) is 6.50. The van der Waals surface area contributed by atoms with Crippen LogP contribution in [0.3, 0.4) is 0 Å². The number of ether oxygens (including phenoxy) is 3. The summed E-state index contributed by atoms with van der Waals surface area (Å²) in [4.78, 5) is 10.8. The molecule has 0 saturated carbocycles. The monoisotopic (exact) mass is 410 g/mol. The zero-order chi connectivity index (χ0) is 19.6. The molecule has 2 saturated heterocycles. The number of rotatable bonds is 7. The topological polar surface area (TPSA) is 68.2 Å². The summed E-state index contributed by atoms with van der Waals surface area (Å²) in [5.41, 5.74) is 0. The van der Waals surface area contributed by atoms with E-state index in [9.17, 15) is 0 Å². The second-order valence-electron chi connectivity index (χ2n) is 7.12. The van der Waals surface area contributed by atoms with Gasteiger partial charge in [-0.15, -0.1) is 0 Å². The van der Waals surface area contributed by atoms with Gasteiger partial charge in [0.2, 0.25) is 5.88 Å². The minimum absolute atomic E-state index is 0.286. The summed E-state index contributed by atoms with van der Waals surface area (Å²) in [6.45, 7) is 4.58. The molecule has 2 fully saturated rings. The number of guanidine groups is 1. The molecule has 156 valence electrons. The van der Waals surface area contributed by atoms with Crippen molar-refractivity contribution in [2.45, 2.75) is 44.3 Å². The maximum Gasteiger partial charge on any atom is 0.232 e. The highest BCUT2D eigenvalue weighted by Gasteiger charge is 2.23. The van der Waals surface area contributed by atoms with E-state index in [1.165, 1.54) is 12.8 Å². The van der Waals surface area contributed by atoms with Gasteiger partial charge in [-0.1, -0.05) is 11.6 Å². The minimum atomic E-state index is 0.286. The molecule has 0 aromatic carbocycles. The Hall–Kier alpha value is -1.57. The Balaban J connectivity index is 1.32. The van der Waals surface area contributed by atoms with Crippen LogP contribution in [0.4, 0.5) is 0 Å². The summed E-state index contributed by atoms with van der Waals surface area (Å²) < 4.78 is 17.5. The van der Waals surface area contributed by atoms with E-state index in [1.54, 1.807) is 18.3 Å². The van der Waals surface area contributed by atoms with Gasteiger partial charge in [-0.2, -0.15) is 0 Å². The Labute approximate surface area is 172 Å². The average molecular weight is 411 g/mol. The molecule has 0 radical (unpaired) electrons. The maximum atomic E-state index is 6.09. The second-order valence-corrected chi connectivity index (χ2v) is 7.53. The summed E-state index contributed by atoms with van der Waals surface area (Å²) in [5.74, 6) is 1.35. The second kappa shape index (κ2) is 11.4. The predicted octanol–water partition coefficient (Wildman–Crippen LogP) is 2.74. The van der Waals surface area contributed by atoms with E-state index in [0.717, 1.165) is 51.5 Å². The summed E-state index contributed by atoms with van der Waals surface area (Å²) in [6, 6.07) is 3.55. The largest absolute Gasteiger partial charge is 0.475 e. The van der Waals surface area contributed by atoms with Crippen molar-refractivity contribution in [1.82, 2.24) is 15.2 Å². The minimum Gasteiger partial charge on any atom is -0.475 e. The van der Waals surface area contributed by atoms with Crippen LogP contribution in [-0.4, -0.2) is 74.6 Å².